The summed E-state index contributed by atoms with van der Waals surface area (Å²) in [5.41, 5.74) is 0.345. The number of non-ortho nitro benzene ring substituents is 1. The molecule has 1 aromatic heterocycles. The first-order valence-corrected chi connectivity index (χ1v) is 7.62. The molecule has 0 saturated heterocycles. The summed E-state index contributed by atoms with van der Waals surface area (Å²) in [4.78, 5) is 22.6. The van der Waals surface area contributed by atoms with Gasteiger partial charge in [0, 0.05) is 32.9 Å². The van der Waals surface area contributed by atoms with Crippen molar-refractivity contribution < 1.29 is 14.8 Å². The number of benzene rings is 2. The van der Waals surface area contributed by atoms with Gasteiger partial charge in [-0.25, -0.2) is 0 Å². The number of carbonyl (C=O) groups excluding carboxylic acids is 1. The van der Waals surface area contributed by atoms with Gasteiger partial charge in [-0.05, 0) is 24.3 Å². The Hall–Kier alpha value is -2.64. The molecule has 3 aromatic rings. The van der Waals surface area contributed by atoms with Crippen molar-refractivity contribution in [2.75, 3.05) is 5.32 Å². The highest BCUT2D eigenvalue weighted by Crippen LogP contribution is 2.39. The quantitative estimate of drug-likeness (QED) is 0.541. The highest BCUT2D eigenvalue weighted by Gasteiger charge is 2.20. The van der Waals surface area contributed by atoms with Crippen molar-refractivity contribution in [3.8, 4) is 5.75 Å². The van der Waals surface area contributed by atoms with E-state index in [0.717, 1.165) is 11.3 Å². The zero-order valence-electron chi connectivity index (χ0n) is 11.4. The molecule has 116 valence electrons. The summed E-state index contributed by atoms with van der Waals surface area (Å²) in [5.74, 6) is -0.776. The number of fused-ring (bicyclic) bond motifs is 1. The van der Waals surface area contributed by atoms with Crippen LogP contribution in [0.15, 0.2) is 42.5 Å². The van der Waals surface area contributed by atoms with Gasteiger partial charge in [-0.15, -0.1) is 11.3 Å². The van der Waals surface area contributed by atoms with Crippen molar-refractivity contribution >= 4 is 50.3 Å². The molecule has 0 fully saturated rings. The minimum atomic E-state index is -0.553. The zero-order chi connectivity index (χ0) is 16.6. The number of nitrogens with one attached hydrogen (secondary N) is 1. The molecule has 1 amide bonds. The maximum atomic E-state index is 12.3. The summed E-state index contributed by atoms with van der Waals surface area (Å²) in [6, 6.07) is 10.7. The fraction of sp³-hybridized carbons (Fsp3) is 0. The summed E-state index contributed by atoms with van der Waals surface area (Å²) in [7, 11) is 0. The van der Waals surface area contributed by atoms with E-state index >= 15 is 0 Å². The number of anilines is 1. The van der Waals surface area contributed by atoms with Crippen LogP contribution in [0.2, 0.25) is 5.02 Å². The topological polar surface area (TPSA) is 92.5 Å². The van der Waals surface area contributed by atoms with E-state index in [2.05, 4.69) is 5.32 Å². The second-order valence-electron chi connectivity index (χ2n) is 4.68. The van der Waals surface area contributed by atoms with E-state index in [-0.39, 0.29) is 21.7 Å². The number of nitrogens with zero attached hydrogens (tertiary/aromatic N) is 1. The van der Waals surface area contributed by atoms with Crippen LogP contribution in [0.3, 0.4) is 0 Å². The van der Waals surface area contributed by atoms with Crippen molar-refractivity contribution in [1.82, 2.24) is 0 Å². The standard InChI is InChI=1S/C15H9ClN2O4S/c16-8-2-1-3-9(6-8)17-15(20)14-13(19)11-7-10(18(21)22)4-5-12(11)23-14/h1-7,19H,(H,17,20). The van der Waals surface area contributed by atoms with Crippen LogP contribution in [-0.2, 0) is 0 Å². The Bertz CT molecular complexity index is 938. The normalized spacial score (nSPS) is 10.7. The van der Waals surface area contributed by atoms with E-state index in [1.54, 1.807) is 24.3 Å². The average molecular weight is 349 g/mol. The van der Waals surface area contributed by atoms with Gasteiger partial charge in [-0.2, -0.15) is 0 Å². The lowest BCUT2D eigenvalue weighted by Gasteiger charge is -2.04. The third-order valence-corrected chi connectivity index (χ3v) is 4.54. The molecule has 1 heterocycles. The maximum absolute atomic E-state index is 12.3. The number of halogens is 1. The first kappa shape index (κ1) is 15.3. The fourth-order valence-electron chi connectivity index (χ4n) is 2.09. The van der Waals surface area contributed by atoms with Crippen molar-refractivity contribution in [2.45, 2.75) is 0 Å². The molecule has 0 spiro atoms. The molecule has 0 aliphatic carbocycles. The van der Waals surface area contributed by atoms with Gasteiger partial charge in [0.1, 0.15) is 10.6 Å². The predicted octanol–water partition coefficient (Wildman–Crippen LogP) is 4.42. The van der Waals surface area contributed by atoms with E-state index in [1.165, 1.54) is 18.2 Å². The van der Waals surface area contributed by atoms with Gasteiger partial charge < -0.3 is 10.4 Å². The van der Waals surface area contributed by atoms with Crippen LogP contribution in [0, 0.1) is 10.1 Å². The number of amides is 1. The second-order valence-corrected chi connectivity index (χ2v) is 6.17. The third kappa shape index (κ3) is 2.96. The van der Waals surface area contributed by atoms with E-state index in [1.807, 2.05) is 0 Å². The number of rotatable bonds is 3. The summed E-state index contributed by atoms with van der Waals surface area (Å²) in [6.07, 6.45) is 0. The van der Waals surface area contributed by atoms with Crippen molar-refractivity contribution in [3.63, 3.8) is 0 Å². The summed E-state index contributed by atoms with van der Waals surface area (Å²) < 4.78 is 0.587. The number of carbonyl (C=O) groups is 1. The van der Waals surface area contributed by atoms with Crippen molar-refractivity contribution in [3.05, 3.63) is 62.5 Å². The molecule has 0 bridgehead atoms. The number of nitro groups is 1. The van der Waals surface area contributed by atoms with Crippen molar-refractivity contribution in [2.24, 2.45) is 0 Å². The van der Waals surface area contributed by atoms with E-state index in [9.17, 15) is 20.0 Å². The highest BCUT2D eigenvalue weighted by atomic mass is 35.5. The van der Waals surface area contributed by atoms with E-state index < -0.39 is 10.8 Å². The molecular weight excluding hydrogens is 340 g/mol. The number of aromatic hydroxyl groups is 1. The molecular formula is C15H9ClN2O4S. The largest absolute Gasteiger partial charge is 0.506 e. The van der Waals surface area contributed by atoms with Crippen LogP contribution in [0.25, 0.3) is 10.1 Å². The number of hydrogen-bond acceptors (Lipinski definition) is 5. The SMILES string of the molecule is O=C(Nc1cccc(Cl)c1)c1sc2ccc([N+](=O)[O-])cc2c1O. The summed E-state index contributed by atoms with van der Waals surface area (Å²) in [5, 5.41) is 24.4. The van der Waals surface area contributed by atoms with Crippen LogP contribution in [-0.4, -0.2) is 15.9 Å². The lowest BCUT2D eigenvalue weighted by Crippen LogP contribution is -2.10. The molecule has 0 aliphatic rings. The molecule has 23 heavy (non-hydrogen) atoms. The third-order valence-electron chi connectivity index (χ3n) is 3.14. The van der Waals surface area contributed by atoms with Crippen LogP contribution in [0.5, 0.6) is 5.75 Å². The molecule has 6 nitrogen and oxygen atoms in total. The van der Waals surface area contributed by atoms with Crippen LogP contribution < -0.4 is 5.32 Å². The maximum Gasteiger partial charge on any atom is 0.270 e. The molecule has 0 saturated carbocycles. The second kappa shape index (κ2) is 5.86. The Morgan fingerprint density at radius 3 is 2.74 bits per heavy atom. The average Bonchev–Trinajstić information content (AvgIpc) is 2.84. The predicted molar refractivity (Wildman–Crippen MR) is 89.5 cm³/mol. The monoisotopic (exact) mass is 348 g/mol. The zero-order valence-corrected chi connectivity index (χ0v) is 13.0. The molecule has 0 radical (unpaired) electrons. The first-order chi connectivity index (χ1) is 11.0. The molecule has 2 N–H and O–H groups in total. The number of nitro benzene ring substituents is 1. The number of hydrogen-bond donors (Lipinski definition) is 2. The van der Waals surface area contributed by atoms with Gasteiger partial charge in [0.2, 0.25) is 0 Å². The molecule has 0 atom stereocenters. The van der Waals surface area contributed by atoms with Gasteiger partial charge in [-0.1, -0.05) is 17.7 Å². The molecule has 2 aromatic carbocycles. The Balaban J connectivity index is 1.97. The lowest BCUT2D eigenvalue weighted by atomic mass is 10.2. The summed E-state index contributed by atoms with van der Waals surface area (Å²) >= 11 is 6.91. The van der Waals surface area contributed by atoms with Crippen molar-refractivity contribution in [1.29, 1.82) is 0 Å². The minimum Gasteiger partial charge on any atom is -0.506 e. The molecule has 0 unspecified atom stereocenters. The molecule has 3 rings (SSSR count). The highest BCUT2D eigenvalue weighted by molar-refractivity contribution is 7.21. The first-order valence-electron chi connectivity index (χ1n) is 6.42. The van der Waals surface area contributed by atoms with Crippen LogP contribution in [0.1, 0.15) is 9.67 Å². The van der Waals surface area contributed by atoms with Gasteiger partial charge in [0.25, 0.3) is 11.6 Å². The van der Waals surface area contributed by atoms with Gasteiger partial charge in [0.15, 0.2) is 0 Å². The van der Waals surface area contributed by atoms with Gasteiger partial charge >= 0.3 is 0 Å². The Kier molecular flexibility index (Phi) is 3.89. The van der Waals surface area contributed by atoms with Crippen LogP contribution in [0.4, 0.5) is 11.4 Å². The fourth-order valence-corrected chi connectivity index (χ4v) is 3.26. The molecule has 0 aliphatic heterocycles. The van der Waals surface area contributed by atoms with Gasteiger partial charge in [-0.3, -0.25) is 14.9 Å². The molecule has 8 heteroatoms. The summed E-state index contributed by atoms with van der Waals surface area (Å²) in [6.45, 7) is 0. The minimum absolute atomic E-state index is 0.0838. The lowest BCUT2D eigenvalue weighted by molar-refractivity contribution is -0.384. The Labute approximate surface area is 139 Å². The Morgan fingerprint density at radius 1 is 1.26 bits per heavy atom. The van der Waals surface area contributed by atoms with E-state index in [0.29, 0.717) is 15.4 Å². The smallest absolute Gasteiger partial charge is 0.270 e. The van der Waals surface area contributed by atoms with E-state index in [4.69, 9.17) is 11.6 Å². The Morgan fingerprint density at radius 2 is 2.04 bits per heavy atom. The van der Waals surface area contributed by atoms with Crippen LogP contribution >= 0.6 is 22.9 Å². The van der Waals surface area contributed by atoms with Gasteiger partial charge in [0.05, 0.1) is 4.92 Å². The number of thiophene rings is 1.